The molecule has 2 aliphatic heterocycles. The van der Waals surface area contributed by atoms with Crippen LogP contribution in [0.1, 0.15) is 24.0 Å². The van der Waals surface area contributed by atoms with E-state index in [0.29, 0.717) is 11.0 Å². The lowest BCUT2D eigenvalue weighted by Crippen LogP contribution is -2.25. The van der Waals surface area contributed by atoms with Gasteiger partial charge in [-0.15, -0.1) is 0 Å². The molecule has 0 bridgehead atoms. The van der Waals surface area contributed by atoms with Crippen molar-refractivity contribution in [1.29, 1.82) is 0 Å². The molecule has 5 heteroatoms. The Morgan fingerprint density at radius 1 is 0.862 bits per heavy atom. The summed E-state index contributed by atoms with van der Waals surface area (Å²) < 4.78 is 5.76. The number of aromatic nitrogens is 1. The summed E-state index contributed by atoms with van der Waals surface area (Å²) in [4.78, 5) is 21.0. The first-order valence-electron chi connectivity index (χ1n) is 10.4. The summed E-state index contributed by atoms with van der Waals surface area (Å²) in [5, 5.41) is 2.68. The van der Waals surface area contributed by atoms with Crippen LogP contribution >= 0.6 is 0 Å². The zero-order chi connectivity index (χ0) is 19.7. The molecular weight excluding hydrogens is 362 g/mol. The van der Waals surface area contributed by atoms with Crippen LogP contribution in [0, 0.1) is 0 Å². The lowest BCUT2D eigenvalue weighted by Gasteiger charge is -2.27. The van der Waals surface area contributed by atoms with Crippen molar-refractivity contribution in [1.82, 2.24) is 0 Å². The van der Waals surface area contributed by atoms with Crippen molar-refractivity contribution in [3.05, 3.63) is 51.9 Å². The molecule has 0 radical (unpaired) electrons. The molecule has 1 N–H and O–H groups in total. The number of hydrogen-bond donors (Lipinski definition) is 0. The molecule has 0 spiro atoms. The normalized spacial score (nSPS) is 16.5. The Morgan fingerprint density at radius 2 is 1.55 bits per heavy atom. The Bertz CT molecular complexity index is 1370. The highest BCUT2D eigenvalue weighted by atomic mass is 16.4. The summed E-state index contributed by atoms with van der Waals surface area (Å²) in [6, 6.07) is 10.7. The standard InChI is InChI=1S/C24H23N3O2/c1-26-7-3-5-14-9-16-11-18-23(25-19(16)12-20(14)26)17-10-15-6-4-8-27(2)21(15)13-22(17)29-24(18)28/h9-13H,3-8H2,1-2H3/p+1. The third-order valence-corrected chi connectivity index (χ3v) is 6.65. The number of aromatic amines is 1. The monoisotopic (exact) mass is 386 g/mol. The third-order valence-electron chi connectivity index (χ3n) is 6.65. The minimum atomic E-state index is -0.279. The quantitative estimate of drug-likeness (QED) is 0.263. The van der Waals surface area contributed by atoms with Gasteiger partial charge in [0.25, 0.3) is 0 Å². The van der Waals surface area contributed by atoms with E-state index in [2.05, 4.69) is 47.1 Å². The molecule has 0 unspecified atom stereocenters. The Kier molecular flexibility index (Phi) is 3.46. The van der Waals surface area contributed by atoms with Gasteiger partial charge < -0.3 is 14.2 Å². The van der Waals surface area contributed by atoms with E-state index in [4.69, 9.17) is 4.42 Å². The number of benzene rings is 2. The van der Waals surface area contributed by atoms with Crippen LogP contribution in [0.3, 0.4) is 0 Å². The highest BCUT2D eigenvalue weighted by Gasteiger charge is 2.22. The van der Waals surface area contributed by atoms with Crippen LogP contribution < -0.4 is 20.4 Å². The van der Waals surface area contributed by atoms with Gasteiger partial charge in [0, 0.05) is 56.1 Å². The molecule has 6 rings (SSSR count). The number of nitrogens with one attached hydrogen (secondary N) is 1. The Hall–Kier alpha value is -3.08. The largest absolute Gasteiger partial charge is 0.422 e. The SMILES string of the molecule is CN1CCCc2cc3cc4c(=O)oc5cc6c(cc5c4[nH+]c3cc21)CCCN6C. The topological polar surface area (TPSA) is 50.8 Å². The number of anilines is 2. The van der Waals surface area contributed by atoms with Gasteiger partial charge >= 0.3 is 5.63 Å². The Balaban J connectivity index is 1.69. The van der Waals surface area contributed by atoms with E-state index < -0.39 is 0 Å². The van der Waals surface area contributed by atoms with Crippen molar-refractivity contribution in [3.63, 3.8) is 0 Å². The van der Waals surface area contributed by atoms with Crippen LogP contribution in [-0.4, -0.2) is 27.2 Å². The highest BCUT2D eigenvalue weighted by molar-refractivity contribution is 6.04. The smallest absolute Gasteiger partial charge is 0.350 e. The van der Waals surface area contributed by atoms with E-state index in [9.17, 15) is 4.79 Å². The van der Waals surface area contributed by atoms with Gasteiger partial charge in [-0.05, 0) is 55.0 Å². The van der Waals surface area contributed by atoms with Crippen LogP contribution in [0.4, 0.5) is 11.4 Å². The van der Waals surface area contributed by atoms with Gasteiger partial charge in [-0.2, -0.15) is 0 Å². The molecule has 146 valence electrons. The molecule has 0 amide bonds. The minimum absolute atomic E-state index is 0.279. The number of rotatable bonds is 0. The van der Waals surface area contributed by atoms with Crippen molar-refractivity contribution in [2.24, 2.45) is 0 Å². The second-order valence-electron chi connectivity index (χ2n) is 8.54. The fourth-order valence-corrected chi connectivity index (χ4v) is 5.10. The first-order chi connectivity index (χ1) is 14.1. The average molecular weight is 386 g/mol. The zero-order valence-electron chi connectivity index (χ0n) is 16.8. The Labute approximate surface area is 168 Å². The summed E-state index contributed by atoms with van der Waals surface area (Å²) in [5.74, 6) is 0. The molecule has 0 saturated heterocycles. The van der Waals surface area contributed by atoms with Crippen LogP contribution in [0.5, 0.6) is 0 Å². The molecule has 2 aromatic carbocycles. The van der Waals surface area contributed by atoms with Gasteiger partial charge in [0.05, 0.1) is 5.39 Å². The van der Waals surface area contributed by atoms with Crippen molar-refractivity contribution < 1.29 is 9.40 Å². The van der Waals surface area contributed by atoms with Crippen LogP contribution in [0.15, 0.2) is 39.5 Å². The summed E-state index contributed by atoms with van der Waals surface area (Å²) in [6.45, 7) is 2.12. The maximum absolute atomic E-state index is 12.8. The van der Waals surface area contributed by atoms with Crippen LogP contribution in [-0.2, 0) is 12.8 Å². The number of fused-ring (bicyclic) bond motifs is 6. The van der Waals surface area contributed by atoms with E-state index in [-0.39, 0.29) is 5.63 Å². The lowest BCUT2D eigenvalue weighted by molar-refractivity contribution is -0.309. The van der Waals surface area contributed by atoms with E-state index >= 15 is 0 Å². The Morgan fingerprint density at radius 3 is 2.31 bits per heavy atom. The number of H-pyrrole nitrogens is 1. The van der Waals surface area contributed by atoms with Gasteiger partial charge in [-0.3, -0.25) is 0 Å². The van der Waals surface area contributed by atoms with E-state index in [1.807, 2.05) is 12.1 Å². The van der Waals surface area contributed by atoms with Gasteiger partial charge in [0.1, 0.15) is 11.0 Å². The maximum atomic E-state index is 12.8. The molecule has 4 heterocycles. The van der Waals surface area contributed by atoms with Gasteiger partial charge in [-0.1, -0.05) is 0 Å². The van der Waals surface area contributed by atoms with E-state index in [1.54, 1.807) is 0 Å². The summed E-state index contributed by atoms with van der Waals surface area (Å²) >= 11 is 0. The average Bonchev–Trinajstić information content (AvgIpc) is 2.71. The van der Waals surface area contributed by atoms with Crippen molar-refractivity contribution in [3.8, 4) is 0 Å². The second-order valence-corrected chi connectivity index (χ2v) is 8.54. The summed E-state index contributed by atoms with van der Waals surface area (Å²) in [5.41, 5.74) is 7.43. The predicted octanol–water partition coefficient (Wildman–Crippen LogP) is 3.68. The maximum Gasteiger partial charge on any atom is 0.350 e. The predicted molar refractivity (Wildman–Crippen MR) is 117 cm³/mol. The fourth-order valence-electron chi connectivity index (χ4n) is 5.10. The second kappa shape index (κ2) is 5.96. The molecule has 0 atom stereocenters. The molecule has 0 saturated carbocycles. The first-order valence-corrected chi connectivity index (χ1v) is 10.4. The molecule has 2 aliphatic rings. The summed E-state index contributed by atoms with van der Waals surface area (Å²) in [7, 11) is 4.25. The van der Waals surface area contributed by atoms with Crippen molar-refractivity contribution in [2.75, 3.05) is 37.0 Å². The molecule has 2 aromatic heterocycles. The number of pyridine rings is 1. The van der Waals surface area contributed by atoms with Gasteiger partial charge in [-0.25, -0.2) is 9.78 Å². The highest BCUT2D eigenvalue weighted by Crippen LogP contribution is 2.34. The zero-order valence-corrected chi connectivity index (χ0v) is 16.8. The van der Waals surface area contributed by atoms with Gasteiger partial charge in [0.15, 0.2) is 0 Å². The van der Waals surface area contributed by atoms with Crippen LogP contribution in [0.2, 0.25) is 0 Å². The van der Waals surface area contributed by atoms with Crippen molar-refractivity contribution in [2.45, 2.75) is 25.7 Å². The summed E-state index contributed by atoms with van der Waals surface area (Å²) in [6.07, 6.45) is 4.45. The van der Waals surface area contributed by atoms with E-state index in [0.717, 1.165) is 54.2 Å². The fraction of sp³-hybridized carbons (Fsp3) is 0.333. The van der Waals surface area contributed by atoms with E-state index in [1.165, 1.54) is 28.9 Å². The lowest BCUT2D eigenvalue weighted by atomic mass is 9.97. The molecule has 0 aliphatic carbocycles. The minimum Gasteiger partial charge on any atom is -0.422 e. The molecule has 29 heavy (non-hydrogen) atoms. The number of nitrogens with zero attached hydrogens (tertiary/aromatic N) is 2. The molecule has 5 nitrogen and oxygen atoms in total. The van der Waals surface area contributed by atoms with Crippen LogP contribution in [0.25, 0.3) is 32.8 Å². The number of hydrogen-bond acceptors (Lipinski definition) is 4. The first kappa shape index (κ1) is 16.8. The van der Waals surface area contributed by atoms with Gasteiger partial charge in [0.2, 0.25) is 11.0 Å². The molecule has 4 aromatic rings. The molecule has 0 fully saturated rings. The van der Waals surface area contributed by atoms with Crippen molar-refractivity contribution >= 4 is 44.1 Å². The number of aryl methyl sites for hydroxylation is 2. The third kappa shape index (κ3) is 2.46. The molecular formula is C24H24N3O2+.